The summed E-state index contributed by atoms with van der Waals surface area (Å²) in [6.45, 7) is 2.79. The maximum atomic E-state index is 11.3. The molecule has 0 aliphatic carbocycles. The summed E-state index contributed by atoms with van der Waals surface area (Å²) in [7, 11) is 1.47. The molecule has 0 aromatic carbocycles. The van der Waals surface area contributed by atoms with Crippen molar-refractivity contribution in [3.05, 3.63) is 0 Å². The first-order valence-electron chi connectivity index (χ1n) is 4.50. The molecule has 0 bridgehead atoms. The summed E-state index contributed by atoms with van der Waals surface area (Å²) < 4.78 is 5.01. The van der Waals surface area contributed by atoms with Crippen molar-refractivity contribution in [2.75, 3.05) is 13.7 Å². The second kappa shape index (κ2) is 5.67. The molecule has 3 N–H and O–H groups in total. The van der Waals surface area contributed by atoms with Gasteiger partial charge in [-0.15, -0.1) is 0 Å². The van der Waals surface area contributed by atoms with Crippen LogP contribution in [0.2, 0.25) is 0 Å². The Morgan fingerprint density at radius 2 is 2.00 bits per heavy atom. The van der Waals surface area contributed by atoms with E-state index in [9.17, 15) is 9.59 Å². The zero-order valence-electron chi connectivity index (χ0n) is 9.11. The molecule has 0 spiro atoms. The summed E-state index contributed by atoms with van der Waals surface area (Å²) in [6.07, 6.45) is 0.0350. The largest absolute Gasteiger partial charge is 0.480 e. The fraction of sp³-hybridized carbons (Fsp3) is 0.778. The minimum absolute atomic E-state index is 0.0350. The number of methoxy groups -OCH3 is 1. The molecule has 0 aliphatic heterocycles. The number of amides is 1. The van der Waals surface area contributed by atoms with Crippen molar-refractivity contribution >= 4 is 11.9 Å². The average Bonchev–Trinajstić information content (AvgIpc) is 2.13. The number of hydrogen-bond donors (Lipinski definition) is 3. The summed E-state index contributed by atoms with van der Waals surface area (Å²) >= 11 is 0. The third kappa shape index (κ3) is 5.34. The Morgan fingerprint density at radius 3 is 2.33 bits per heavy atom. The van der Waals surface area contributed by atoms with E-state index in [2.05, 4.69) is 5.32 Å². The molecule has 0 heterocycles. The lowest BCUT2D eigenvalue weighted by molar-refractivity contribution is -0.143. The SMILES string of the molecule is COC(C)(C)CC(=O)N[C@H](CO)C(=O)O. The predicted molar refractivity (Wildman–Crippen MR) is 52.4 cm³/mol. The van der Waals surface area contributed by atoms with Gasteiger partial charge in [0.25, 0.3) is 0 Å². The lowest BCUT2D eigenvalue weighted by atomic mass is 10.0. The Hall–Kier alpha value is -1.14. The normalized spacial score (nSPS) is 13.3. The zero-order valence-corrected chi connectivity index (χ0v) is 9.11. The molecule has 0 aromatic rings. The molecule has 0 saturated carbocycles. The Morgan fingerprint density at radius 1 is 1.47 bits per heavy atom. The van der Waals surface area contributed by atoms with Gasteiger partial charge in [-0.3, -0.25) is 4.79 Å². The van der Waals surface area contributed by atoms with Crippen molar-refractivity contribution in [2.24, 2.45) is 0 Å². The van der Waals surface area contributed by atoms with Gasteiger partial charge in [0.1, 0.15) is 6.04 Å². The van der Waals surface area contributed by atoms with E-state index in [1.807, 2.05) is 0 Å². The number of hydrogen-bond acceptors (Lipinski definition) is 4. The van der Waals surface area contributed by atoms with Crippen molar-refractivity contribution in [1.29, 1.82) is 0 Å². The van der Waals surface area contributed by atoms with Gasteiger partial charge in [-0.25, -0.2) is 4.79 Å². The second-order valence-electron chi connectivity index (χ2n) is 3.78. The highest BCUT2D eigenvalue weighted by atomic mass is 16.5. The predicted octanol–water partition coefficient (Wildman–Crippen LogP) is -0.637. The third-order valence-electron chi connectivity index (χ3n) is 1.95. The van der Waals surface area contributed by atoms with E-state index in [1.165, 1.54) is 7.11 Å². The van der Waals surface area contributed by atoms with Gasteiger partial charge in [-0.05, 0) is 13.8 Å². The molecule has 88 valence electrons. The van der Waals surface area contributed by atoms with Gasteiger partial charge in [0, 0.05) is 7.11 Å². The number of carboxylic acids is 1. The first-order valence-corrected chi connectivity index (χ1v) is 4.50. The molecule has 0 rings (SSSR count). The van der Waals surface area contributed by atoms with Crippen molar-refractivity contribution in [2.45, 2.75) is 31.9 Å². The highest BCUT2D eigenvalue weighted by Gasteiger charge is 2.24. The van der Waals surface area contributed by atoms with Gasteiger partial charge in [0.15, 0.2) is 0 Å². The van der Waals surface area contributed by atoms with Crippen LogP contribution < -0.4 is 5.32 Å². The van der Waals surface area contributed by atoms with Gasteiger partial charge in [-0.2, -0.15) is 0 Å². The number of carbonyl (C=O) groups is 2. The van der Waals surface area contributed by atoms with Crippen LogP contribution in [0.25, 0.3) is 0 Å². The van der Waals surface area contributed by atoms with Crippen molar-refractivity contribution in [3.8, 4) is 0 Å². The van der Waals surface area contributed by atoms with Gasteiger partial charge < -0.3 is 20.3 Å². The summed E-state index contributed by atoms with van der Waals surface area (Å²) in [4.78, 5) is 21.8. The van der Waals surface area contributed by atoms with Crippen LogP contribution in [0.4, 0.5) is 0 Å². The molecule has 0 aliphatic rings. The van der Waals surface area contributed by atoms with Crippen LogP contribution in [0.3, 0.4) is 0 Å². The van der Waals surface area contributed by atoms with Crippen LogP contribution in [-0.4, -0.2) is 47.4 Å². The van der Waals surface area contributed by atoms with Crippen LogP contribution >= 0.6 is 0 Å². The third-order valence-corrected chi connectivity index (χ3v) is 1.95. The van der Waals surface area contributed by atoms with Crippen LogP contribution in [0.1, 0.15) is 20.3 Å². The van der Waals surface area contributed by atoms with E-state index in [-0.39, 0.29) is 6.42 Å². The molecule has 1 atom stereocenters. The standard InChI is InChI=1S/C9H17NO5/c1-9(2,15-3)4-7(12)10-6(5-11)8(13)14/h6,11H,4-5H2,1-3H3,(H,10,12)(H,13,14)/t6-/m1/s1. The van der Waals surface area contributed by atoms with Crippen LogP contribution in [0, 0.1) is 0 Å². The minimum Gasteiger partial charge on any atom is -0.480 e. The molecule has 0 unspecified atom stereocenters. The second-order valence-corrected chi connectivity index (χ2v) is 3.78. The fourth-order valence-corrected chi connectivity index (χ4v) is 0.890. The van der Waals surface area contributed by atoms with Gasteiger partial charge in [0.05, 0.1) is 18.6 Å². The summed E-state index contributed by atoms with van der Waals surface area (Å²) in [5.74, 6) is -1.73. The molecule has 0 fully saturated rings. The Balaban J connectivity index is 4.19. The molecule has 0 saturated heterocycles. The first-order chi connectivity index (χ1) is 6.82. The first kappa shape index (κ1) is 13.9. The van der Waals surface area contributed by atoms with Gasteiger partial charge >= 0.3 is 5.97 Å². The lowest BCUT2D eigenvalue weighted by Crippen LogP contribution is -2.45. The topological polar surface area (TPSA) is 95.9 Å². The van der Waals surface area contributed by atoms with E-state index in [0.717, 1.165) is 0 Å². The van der Waals surface area contributed by atoms with Crippen LogP contribution in [0.15, 0.2) is 0 Å². The fourth-order valence-electron chi connectivity index (χ4n) is 0.890. The molecular weight excluding hydrogens is 202 g/mol. The number of nitrogens with one attached hydrogen (secondary N) is 1. The lowest BCUT2D eigenvalue weighted by Gasteiger charge is -2.22. The Kier molecular flexibility index (Phi) is 5.24. The van der Waals surface area contributed by atoms with E-state index >= 15 is 0 Å². The van der Waals surface area contributed by atoms with Crippen LogP contribution in [0.5, 0.6) is 0 Å². The Labute approximate surface area is 88.2 Å². The van der Waals surface area contributed by atoms with Crippen molar-refractivity contribution in [1.82, 2.24) is 5.32 Å². The average molecular weight is 219 g/mol. The molecule has 6 heteroatoms. The van der Waals surface area contributed by atoms with Gasteiger partial charge in [0.2, 0.25) is 5.91 Å². The van der Waals surface area contributed by atoms with Gasteiger partial charge in [-0.1, -0.05) is 0 Å². The van der Waals surface area contributed by atoms with E-state index in [4.69, 9.17) is 14.9 Å². The summed E-state index contributed by atoms with van der Waals surface area (Å²) in [6, 6.07) is -1.26. The number of aliphatic hydroxyl groups is 1. The number of aliphatic carboxylic acids is 1. The van der Waals surface area contributed by atoms with Crippen molar-refractivity contribution in [3.63, 3.8) is 0 Å². The zero-order chi connectivity index (χ0) is 12.1. The molecule has 0 aromatic heterocycles. The smallest absolute Gasteiger partial charge is 0.328 e. The maximum absolute atomic E-state index is 11.3. The van der Waals surface area contributed by atoms with E-state index in [1.54, 1.807) is 13.8 Å². The van der Waals surface area contributed by atoms with E-state index in [0.29, 0.717) is 0 Å². The highest BCUT2D eigenvalue weighted by molar-refractivity contribution is 5.84. The number of rotatable bonds is 6. The molecular formula is C9H17NO5. The molecule has 0 radical (unpaired) electrons. The summed E-state index contributed by atoms with van der Waals surface area (Å²) in [5.41, 5.74) is -0.650. The number of ether oxygens (including phenoxy) is 1. The van der Waals surface area contributed by atoms with Crippen LogP contribution in [-0.2, 0) is 14.3 Å². The number of carbonyl (C=O) groups excluding carboxylic acids is 1. The van der Waals surface area contributed by atoms with E-state index < -0.39 is 30.1 Å². The quantitative estimate of drug-likeness (QED) is 0.552. The molecule has 15 heavy (non-hydrogen) atoms. The number of carboxylic acid groups (broad SMARTS) is 1. The van der Waals surface area contributed by atoms with Crippen molar-refractivity contribution < 1.29 is 24.5 Å². The number of aliphatic hydroxyl groups excluding tert-OH is 1. The maximum Gasteiger partial charge on any atom is 0.328 e. The summed E-state index contributed by atoms with van der Waals surface area (Å²) in [5, 5.41) is 19.4. The molecule has 6 nitrogen and oxygen atoms in total. The monoisotopic (exact) mass is 219 g/mol. The Bertz CT molecular complexity index is 239. The highest BCUT2D eigenvalue weighted by Crippen LogP contribution is 2.12. The minimum atomic E-state index is -1.26. The molecule has 1 amide bonds.